The van der Waals surface area contributed by atoms with Gasteiger partial charge in [-0.05, 0) is 56.4 Å². The molecule has 0 amide bonds. The van der Waals surface area contributed by atoms with Gasteiger partial charge in [-0.1, -0.05) is 33.1 Å². The maximum Gasteiger partial charge on any atom is 0.0897 e. The number of hydrogen-bond donors (Lipinski definition) is 2. The Morgan fingerprint density at radius 1 is 1.05 bits per heavy atom. The third kappa shape index (κ3) is 6.25. The minimum Gasteiger partial charge on any atom is -0.389 e. The minimum atomic E-state index is -0.358. The van der Waals surface area contributed by atoms with Gasteiger partial charge in [0, 0.05) is 6.54 Å². The molecular weight excluding hydrogens is 262 g/mol. The van der Waals surface area contributed by atoms with Crippen molar-refractivity contribution in [2.24, 2.45) is 17.8 Å². The molecule has 0 aliphatic heterocycles. The first-order valence-corrected chi connectivity index (χ1v) is 9.15. The highest BCUT2D eigenvalue weighted by Gasteiger charge is 2.22. The van der Waals surface area contributed by atoms with E-state index in [1.807, 2.05) is 0 Å². The smallest absolute Gasteiger partial charge is 0.0897 e. The summed E-state index contributed by atoms with van der Waals surface area (Å²) in [7, 11) is 0. The number of rotatable bonds is 7. The van der Waals surface area contributed by atoms with E-state index >= 15 is 0 Å². The molecule has 2 rings (SSSR count). The minimum absolute atomic E-state index is 0.358. The Balaban J connectivity index is 1.52. The maximum atomic E-state index is 10.0. The molecule has 0 aromatic rings. The van der Waals surface area contributed by atoms with Crippen LogP contribution in [-0.2, 0) is 4.74 Å². The number of aliphatic hydroxyl groups is 1. The highest BCUT2D eigenvalue weighted by atomic mass is 16.5. The van der Waals surface area contributed by atoms with Gasteiger partial charge in [0.15, 0.2) is 0 Å². The molecule has 3 heteroatoms. The van der Waals surface area contributed by atoms with Crippen LogP contribution in [0.25, 0.3) is 0 Å². The summed E-state index contributed by atoms with van der Waals surface area (Å²) in [5.74, 6) is 2.49. The molecule has 0 saturated heterocycles. The van der Waals surface area contributed by atoms with Gasteiger partial charge < -0.3 is 15.2 Å². The zero-order valence-electron chi connectivity index (χ0n) is 14.0. The Kier molecular flexibility index (Phi) is 7.48. The van der Waals surface area contributed by atoms with Gasteiger partial charge in [-0.2, -0.15) is 0 Å². The van der Waals surface area contributed by atoms with Crippen molar-refractivity contribution in [3.05, 3.63) is 0 Å². The lowest BCUT2D eigenvalue weighted by Gasteiger charge is -2.29. The average Bonchev–Trinajstić information content (AvgIpc) is 2.49. The molecule has 2 fully saturated rings. The van der Waals surface area contributed by atoms with Crippen molar-refractivity contribution in [3.63, 3.8) is 0 Å². The molecule has 3 atom stereocenters. The summed E-state index contributed by atoms with van der Waals surface area (Å²) in [6.45, 7) is 6.91. The Morgan fingerprint density at radius 3 is 2.48 bits per heavy atom. The lowest BCUT2D eigenvalue weighted by molar-refractivity contribution is -0.0281. The molecule has 2 N–H and O–H groups in total. The van der Waals surface area contributed by atoms with E-state index in [0.717, 1.165) is 24.3 Å². The molecule has 0 heterocycles. The fourth-order valence-corrected chi connectivity index (χ4v) is 3.83. The van der Waals surface area contributed by atoms with Crippen LogP contribution in [0, 0.1) is 17.8 Å². The van der Waals surface area contributed by atoms with E-state index in [9.17, 15) is 5.11 Å². The van der Waals surface area contributed by atoms with Gasteiger partial charge in [-0.15, -0.1) is 0 Å². The first-order chi connectivity index (χ1) is 10.1. The third-order valence-corrected chi connectivity index (χ3v) is 5.56. The van der Waals surface area contributed by atoms with E-state index in [4.69, 9.17) is 4.74 Å². The summed E-state index contributed by atoms with van der Waals surface area (Å²) >= 11 is 0. The van der Waals surface area contributed by atoms with Gasteiger partial charge >= 0.3 is 0 Å². The lowest BCUT2D eigenvalue weighted by Crippen LogP contribution is -2.37. The highest BCUT2D eigenvalue weighted by Crippen LogP contribution is 2.29. The molecule has 3 unspecified atom stereocenters. The number of aliphatic hydroxyl groups excluding tert-OH is 1. The second kappa shape index (κ2) is 9.12. The normalized spacial score (nSPS) is 35.6. The van der Waals surface area contributed by atoms with Crippen molar-refractivity contribution in [1.29, 1.82) is 0 Å². The summed E-state index contributed by atoms with van der Waals surface area (Å²) < 4.78 is 5.87. The fraction of sp³-hybridized carbons (Fsp3) is 1.00. The molecule has 0 aromatic carbocycles. The van der Waals surface area contributed by atoms with E-state index < -0.39 is 0 Å². The van der Waals surface area contributed by atoms with Gasteiger partial charge in [0.2, 0.25) is 0 Å². The predicted molar refractivity (Wildman–Crippen MR) is 87.4 cm³/mol. The Labute approximate surface area is 130 Å². The van der Waals surface area contributed by atoms with Crippen molar-refractivity contribution in [2.45, 2.75) is 77.4 Å². The average molecular weight is 297 g/mol. The lowest BCUT2D eigenvalue weighted by atomic mass is 9.80. The van der Waals surface area contributed by atoms with E-state index in [1.54, 1.807) is 0 Å². The second-order valence-corrected chi connectivity index (χ2v) is 7.55. The molecule has 21 heavy (non-hydrogen) atoms. The first kappa shape index (κ1) is 17.2. The van der Waals surface area contributed by atoms with Crippen molar-refractivity contribution in [3.8, 4) is 0 Å². The fourth-order valence-electron chi connectivity index (χ4n) is 3.83. The Morgan fingerprint density at radius 2 is 1.76 bits per heavy atom. The van der Waals surface area contributed by atoms with Gasteiger partial charge in [-0.3, -0.25) is 0 Å². The van der Waals surface area contributed by atoms with E-state index in [0.29, 0.717) is 19.3 Å². The van der Waals surface area contributed by atoms with Crippen molar-refractivity contribution in [1.82, 2.24) is 5.32 Å². The van der Waals surface area contributed by atoms with Crippen LogP contribution in [0.15, 0.2) is 0 Å². The number of hydrogen-bond acceptors (Lipinski definition) is 3. The number of ether oxygens (including phenoxy) is 1. The SMILES string of the molecule is CC1CCC(OCC(O)CNCC2CCCCC2C)CC1. The van der Waals surface area contributed by atoms with Crippen LogP contribution in [0.2, 0.25) is 0 Å². The standard InChI is InChI=1S/C18H35NO2/c1-14-7-9-18(10-8-14)21-13-17(20)12-19-11-16-6-4-3-5-15(16)2/h14-20H,3-13H2,1-2H3. The molecule has 0 spiro atoms. The topological polar surface area (TPSA) is 41.5 Å². The van der Waals surface area contributed by atoms with Crippen molar-refractivity contribution >= 4 is 0 Å². The molecular formula is C18H35NO2. The first-order valence-electron chi connectivity index (χ1n) is 9.15. The van der Waals surface area contributed by atoms with Crippen LogP contribution in [0.1, 0.15) is 65.2 Å². The molecule has 2 aliphatic carbocycles. The van der Waals surface area contributed by atoms with Crippen LogP contribution in [-0.4, -0.2) is 37.0 Å². The Hall–Kier alpha value is -0.120. The summed E-state index contributed by atoms with van der Waals surface area (Å²) in [5, 5.41) is 13.5. The van der Waals surface area contributed by atoms with E-state index in [-0.39, 0.29) is 6.10 Å². The molecule has 3 nitrogen and oxygen atoms in total. The highest BCUT2D eigenvalue weighted by molar-refractivity contribution is 4.75. The van der Waals surface area contributed by atoms with Crippen molar-refractivity contribution in [2.75, 3.05) is 19.7 Å². The summed E-state index contributed by atoms with van der Waals surface area (Å²) in [5.41, 5.74) is 0. The van der Waals surface area contributed by atoms with Crippen LogP contribution >= 0.6 is 0 Å². The van der Waals surface area contributed by atoms with Crippen LogP contribution in [0.3, 0.4) is 0 Å². The molecule has 0 aromatic heterocycles. The second-order valence-electron chi connectivity index (χ2n) is 7.55. The zero-order chi connectivity index (χ0) is 15.1. The summed E-state index contributed by atoms with van der Waals surface area (Å²) in [4.78, 5) is 0. The van der Waals surface area contributed by atoms with Gasteiger partial charge in [0.1, 0.15) is 0 Å². The number of nitrogens with one attached hydrogen (secondary N) is 1. The molecule has 0 bridgehead atoms. The van der Waals surface area contributed by atoms with E-state index in [2.05, 4.69) is 19.2 Å². The van der Waals surface area contributed by atoms with Gasteiger partial charge in [0.25, 0.3) is 0 Å². The quantitative estimate of drug-likeness (QED) is 0.757. The van der Waals surface area contributed by atoms with Crippen LogP contribution in [0.5, 0.6) is 0 Å². The summed E-state index contributed by atoms with van der Waals surface area (Å²) in [6, 6.07) is 0. The van der Waals surface area contributed by atoms with Crippen LogP contribution < -0.4 is 5.32 Å². The van der Waals surface area contributed by atoms with Crippen LogP contribution in [0.4, 0.5) is 0 Å². The maximum absolute atomic E-state index is 10.0. The largest absolute Gasteiger partial charge is 0.389 e. The molecule has 0 radical (unpaired) electrons. The zero-order valence-corrected chi connectivity index (χ0v) is 14.0. The molecule has 2 saturated carbocycles. The predicted octanol–water partition coefficient (Wildman–Crippen LogP) is 3.36. The van der Waals surface area contributed by atoms with Gasteiger partial charge in [-0.25, -0.2) is 0 Å². The third-order valence-electron chi connectivity index (χ3n) is 5.56. The summed E-state index contributed by atoms with van der Waals surface area (Å²) in [6.07, 6.45) is 10.4. The molecule has 124 valence electrons. The monoisotopic (exact) mass is 297 g/mol. The van der Waals surface area contributed by atoms with Gasteiger partial charge in [0.05, 0.1) is 18.8 Å². The molecule has 2 aliphatic rings. The Bertz CT molecular complexity index is 276. The van der Waals surface area contributed by atoms with E-state index in [1.165, 1.54) is 51.4 Å². The van der Waals surface area contributed by atoms with Crippen molar-refractivity contribution < 1.29 is 9.84 Å².